The van der Waals surface area contributed by atoms with Gasteiger partial charge < -0.3 is 10.4 Å². The second-order valence-corrected chi connectivity index (χ2v) is 4.57. The molecule has 0 aliphatic heterocycles. The number of anilines is 1. The molecule has 0 fully saturated rings. The third-order valence-electron chi connectivity index (χ3n) is 1.44. The highest BCUT2D eigenvalue weighted by atomic mass is 35.5. The van der Waals surface area contributed by atoms with Gasteiger partial charge in [0.25, 0.3) is 5.24 Å². The second-order valence-electron chi connectivity index (χ2n) is 2.75. The van der Waals surface area contributed by atoms with E-state index in [0.717, 1.165) is 0 Å². The van der Waals surface area contributed by atoms with Crippen molar-refractivity contribution in [1.29, 1.82) is 0 Å². The first-order valence-electron chi connectivity index (χ1n) is 4.09. The molecule has 4 nitrogen and oxygen atoms in total. The molecule has 0 spiro atoms. The van der Waals surface area contributed by atoms with Gasteiger partial charge in [0.05, 0.1) is 0 Å². The summed E-state index contributed by atoms with van der Waals surface area (Å²) in [5, 5.41) is 11.2. The summed E-state index contributed by atoms with van der Waals surface area (Å²) < 4.78 is 0. The van der Waals surface area contributed by atoms with Crippen molar-refractivity contribution in [2.45, 2.75) is 0 Å². The van der Waals surface area contributed by atoms with Crippen LogP contribution in [-0.4, -0.2) is 22.1 Å². The molecule has 16 heavy (non-hydrogen) atoms. The van der Waals surface area contributed by atoms with E-state index < -0.39 is 11.2 Å². The number of carboxylic acid groups (broad SMARTS) is 1. The average molecular weight is 280 g/mol. The lowest BCUT2D eigenvalue weighted by Crippen LogP contribution is -2.09. The molecule has 1 aromatic rings. The Morgan fingerprint density at radius 3 is 2.31 bits per heavy atom. The van der Waals surface area contributed by atoms with Gasteiger partial charge >= 0.3 is 5.97 Å². The molecule has 1 aromatic carbocycles. The van der Waals surface area contributed by atoms with E-state index in [1.807, 2.05) is 0 Å². The number of benzene rings is 1. The fourth-order valence-corrected chi connectivity index (χ4v) is 1.88. The predicted octanol–water partition coefficient (Wildman–Crippen LogP) is 3.34. The van der Waals surface area contributed by atoms with E-state index in [1.54, 1.807) is 0 Å². The minimum absolute atomic E-state index is 0.292. The number of aliphatic carboxylic acids is 1. The van der Waals surface area contributed by atoms with E-state index in [0.29, 0.717) is 27.5 Å². The summed E-state index contributed by atoms with van der Waals surface area (Å²) in [6.45, 7) is 0. The maximum Gasteiger partial charge on any atom is 0.314 e. The van der Waals surface area contributed by atoms with Crippen LogP contribution in [0.1, 0.15) is 0 Å². The SMILES string of the molecule is O=C(O)CSC(=O)Nc1cc(Cl)cc(Cl)c1. The highest BCUT2D eigenvalue weighted by molar-refractivity contribution is 8.14. The Balaban J connectivity index is 2.59. The lowest BCUT2D eigenvalue weighted by Gasteiger charge is -2.04. The first kappa shape index (κ1) is 13.2. The van der Waals surface area contributed by atoms with Crippen molar-refractivity contribution in [3.05, 3.63) is 28.2 Å². The molecule has 2 N–H and O–H groups in total. The first-order chi connectivity index (χ1) is 7.47. The molecule has 1 rings (SSSR count). The van der Waals surface area contributed by atoms with Gasteiger partial charge in [-0.15, -0.1) is 0 Å². The van der Waals surface area contributed by atoms with Crippen LogP contribution in [0.4, 0.5) is 10.5 Å². The third-order valence-corrected chi connectivity index (χ3v) is 2.63. The summed E-state index contributed by atoms with van der Waals surface area (Å²) in [6.07, 6.45) is 0. The number of carboxylic acids is 1. The topological polar surface area (TPSA) is 66.4 Å². The molecule has 0 saturated heterocycles. The molecular weight excluding hydrogens is 273 g/mol. The van der Waals surface area contributed by atoms with Crippen LogP contribution >= 0.6 is 35.0 Å². The van der Waals surface area contributed by atoms with Crippen LogP contribution in [0, 0.1) is 0 Å². The normalized spacial score (nSPS) is 9.88. The lowest BCUT2D eigenvalue weighted by atomic mass is 10.3. The van der Waals surface area contributed by atoms with Crippen LogP contribution in [0.25, 0.3) is 0 Å². The number of hydrogen-bond acceptors (Lipinski definition) is 3. The lowest BCUT2D eigenvalue weighted by molar-refractivity contribution is -0.133. The minimum Gasteiger partial charge on any atom is -0.481 e. The van der Waals surface area contributed by atoms with Crippen LogP contribution in [0.5, 0.6) is 0 Å². The number of thioether (sulfide) groups is 1. The Morgan fingerprint density at radius 2 is 1.81 bits per heavy atom. The van der Waals surface area contributed by atoms with E-state index in [2.05, 4.69) is 5.32 Å². The number of halogens is 2. The van der Waals surface area contributed by atoms with Crippen molar-refractivity contribution in [3.63, 3.8) is 0 Å². The van der Waals surface area contributed by atoms with Gasteiger partial charge in [-0.1, -0.05) is 35.0 Å². The smallest absolute Gasteiger partial charge is 0.314 e. The quantitative estimate of drug-likeness (QED) is 0.891. The van der Waals surface area contributed by atoms with E-state index in [1.165, 1.54) is 18.2 Å². The summed E-state index contributed by atoms with van der Waals surface area (Å²) in [4.78, 5) is 21.5. The monoisotopic (exact) mass is 279 g/mol. The van der Waals surface area contributed by atoms with Gasteiger partial charge in [-0.25, -0.2) is 0 Å². The Labute approximate surface area is 106 Å². The zero-order valence-corrected chi connectivity index (χ0v) is 10.2. The van der Waals surface area contributed by atoms with Crippen LogP contribution in [0.2, 0.25) is 10.0 Å². The Bertz CT molecular complexity index is 405. The third kappa shape index (κ3) is 4.74. The molecule has 1 amide bonds. The molecule has 0 aliphatic carbocycles. The van der Waals surface area contributed by atoms with E-state index in [9.17, 15) is 9.59 Å². The fraction of sp³-hybridized carbons (Fsp3) is 0.111. The van der Waals surface area contributed by atoms with Crippen molar-refractivity contribution in [3.8, 4) is 0 Å². The number of carbonyl (C=O) groups excluding carboxylic acids is 1. The number of carbonyl (C=O) groups is 2. The predicted molar refractivity (Wildman–Crippen MR) is 65.6 cm³/mol. The van der Waals surface area contributed by atoms with E-state index >= 15 is 0 Å². The van der Waals surface area contributed by atoms with Crippen LogP contribution < -0.4 is 5.32 Å². The Kier molecular flexibility index (Phi) is 4.92. The zero-order valence-electron chi connectivity index (χ0n) is 7.87. The summed E-state index contributed by atoms with van der Waals surface area (Å²) in [6, 6.07) is 4.57. The van der Waals surface area contributed by atoms with Crippen LogP contribution in [0.15, 0.2) is 18.2 Å². The van der Waals surface area contributed by atoms with Gasteiger partial charge in [0.15, 0.2) is 0 Å². The van der Waals surface area contributed by atoms with Gasteiger partial charge in [-0.2, -0.15) is 0 Å². The molecule has 0 aromatic heterocycles. The van der Waals surface area contributed by atoms with Crippen molar-refractivity contribution < 1.29 is 14.7 Å². The molecule has 0 unspecified atom stereocenters. The Hall–Kier alpha value is -0.910. The van der Waals surface area contributed by atoms with Crippen molar-refractivity contribution in [1.82, 2.24) is 0 Å². The molecular formula is C9H7Cl2NO3S. The maximum atomic E-state index is 11.2. The fourth-order valence-electron chi connectivity index (χ4n) is 0.907. The van der Waals surface area contributed by atoms with Gasteiger partial charge in [0.2, 0.25) is 0 Å². The number of amides is 1. The number of nitrogens with one attached hydrogen (secondary N) is 1. The van der Waals surface area contributed by atoms with E-state index in [-0.39, 0.29) is 5.75 Å². The maximum absolute atomic E-state index is 11.2. The summed E-state index contributed by atoms with van der Waals surface area (Å²) >= 11 is 12.1. The van der Waals surface area contributed by atoms with Crippen molar-refractivity contribution in [2.75, 3.05) is 11.1 Å². The minimum atomic E-state index is -1.05. The molecule has 86 valence electrons. The highest BCUT2D eigenvalue weighted by Gasteiger charge is 2.07. The molecule has 0 bridgehead atoms. The largest absolute Gasteiger partial charge is 0.481 e. The summed E-state index contributed by atoms with van der Waals surface area (Å²) in [7, 11) is 0. The van der Waals surface area contributed by atoms with Gasteiger partial charge in [-0.05, 0) is 18.2 Å². The number of hydrogen-bond donors (Lipinski definition) is 2. The Morgan fingerprint density at radius 1 is 1.25 bits per heavy atom. The van der Waals surface area contributed by atoms with E-state index in [4.69, 9.17) is 28.3 Å². The molecule has 0 aliphatic rings. The van der Waals surface area contributed by atoms with Gasteiger partial charge in [-0.3, -0.25) is 9.59 Å². The first-order valence-corrected chi connectivity index (χ1v) is 5.83. The van der Waals surface area contributed by atoms with Crippen molar-refractivity contribution >= 4 is 51.9 Å². The van der Waals surface area contributed by atoms with Gasteiger partial charge in [0, 0.05) is 15.7 Å². The average Bonchev–Trinajstić information content (AvgIpc) is 2.12. The molecule has 0 atom stereocenters. The zero-order chi connectivity index (χ0) is 12.1. The summed E-state index contributed by atoms with van der Waals surface area (Å²) in [5.74, 6) is -1.34. The number of rotatable bonds is 3. The van der Waals surface area contributed by atoms with Crippen molar-refractivity contribution in [2.24, 2.45) is 0 Å². The standard InChI is InChI=1S/C9H7Cl2NO3S/c10-5-1-6(11)3-7(2-5)12-9(15)16-4-8(13)14/h1-3H,4H2,(H,12,15)(H,13,14). The van der Waals surface area contributed by atoms with Crippen LogP contribution in [0.3, 0.4) is 0 Å². The highest BCUT2D eigenvalue weighted by Crippen LogP contribution is 2.23. The van der Waals surface area contributed by atoms with Gasteiger partial charge in [0.1, 0.15) is 5.75 Å². The second kappa shape index (κ2) is 5.98. The molecule has 7 heteroatoms. The molecule has 0 radical (unpaired) electrons. The summed E-state index contributed by atoms with van der Waals surface area (Å²) in [5.41, 5.74) is 0.431. The molecule has 0 heterocycles. The van der Waals surface area contributed by atoms with Crippen LogP contribution in [-0.2, 0) is 4.79 Å². The molecule has 0 saturated carbocycles.